The van der Waals surface area contributed by atoms with E-state index in [1.807, 2.05) is 0 Å². The lowest BCUT2D eigenvalue weighted by Gasteiger charge is -2.33. The van der Waals surface area contributed by atoms with Crippen LogP contribution in [-0.2, 0) is 0 Å². The molecule has 31 heavy (non-hydrogen) atoms. The van der Waals surface area contributed by atoms with Gasteiger partial charge in [0.05, 0.1) is 17.1 Å². The van der Waals surface area contributed by atoms with E-state index in [1.54, 1.807) is 0 Å². The molecule has 0 saturated heterocycles. The summed E-state index contributed by atoms with van der Waals surface area (Å²) < 4.78 is 0. The van der Waals surface area contributed by atoms with Crippen LogP contribution >= 0.6 is 0 Å². The average molecular weight is 421 g/mol. The zero-order valence-corrected chi connectivity index (χ0v) is 21.1. The van der Waals surface area contributed by atoms with E-state index >= 15 is 0 Å². The number of benzene rings is 2. The van der Waals surface area contributed by atoms with Crippen molar-refractivity contribution in [2.45, 2.75) is 79.6 Å². The Kier molecular flexibility index (Phi) is 6.68. The number of anilines is 3. The van der Waals surface area contributed by atoms with Crippen LogP contribution in [0.1, 0.15) is 55.4 Å². The first-order valence-electron chi connectivity index (χ1n) is 11.7. The van der Waals surface area contributed by atoms with Crippen molar-refractivity contribution in [1.29, 1.82) is 0 Å². The normalized spacial score (nSPS) is 12.1. The molecular weight excluding hydrogens is 380 g/mol. The van der Waals surface area contributed by atoms with Crippen molar-refractivity contribution in [1.82, 2.24) is 0 Å². The lowest BCUT2D eigenvalue weighted by atomic mass is 10.1. The van der Waals surface area contributed by atoms with Crippen molar-refractivity contribution < 1.29 is 0 Å². The molecule has 3 rings (SSSR count). The van der Waals surface area contributed by atoms with Crippen LogP contribution in [0.4, 0.5) is 22.7 Å². The molecule has 0 aromatic heterocycles. The Balaban J connectivity index is 2.28. The molecule has 0 aliphatic carbocycles. The number of nitrogens with zero attached hydrogens (tertiary/aromatic N) is 4. The van der Waals surface area contributed by atoms with Gasteiger partial charge in [-0.25, -0.2) is 4.99 Å². The van der Waals surface area contributed by atoms with Gasteiger partial charge in [-0.15, -0.1) is 0 Å². The van der Waals surface area contributed by atoms with Gasteiger partial charge in [-0.3, -0.25) is 0 Å². The van der Waals surface area contributed by atoms with Crippen molar-refractivity contribution in [2.75, 3.05) is 28.8 Å². The van der Waals surface area contributed by atoms with Crippen molar-refractivity contribution in [3.8, 4) is 0 Å². The average Bonchev–Trinajstić information content (AvgIpc) is 3.31. The van der Waals surface area contributed by atoms with Gasteiger partial charge >= 0.3 is 0 Å². The second-order valence-corrected chi connectivity index (χ2v) is 9.89. The monoisotopic (exact) mass is 420 g/mol. The lowest BCUT2D eigenvalue weighted by molar-refractivity contribution is 0.598. The van der Waals surface area contributed by atoms with Crippen LogP contribution in [0.25, 0.3) is 10.8 Å². The van der Waals surface area contributed by atoms with Gasteiger partial charge in [0.15, 0.2) is 0 Å². The smallest absolute Gasteiger partial charge is 0.115 e. The maximum absolute atomic E-state index is 5.31. The molecule has 0 spiro atoms. The molecule has 0 unspecified atom stereocenters. The minimum Gasteiger partial charge on any atom is -0.377 e. The zero-order chi connectivity index (χ0) is 23.0. The zero-order valence-electron chi connectivity index (χ0n) is 21.1. The molecule has 0 amide bonds. The van der Waals surface area contributed by atoms with Gasteiger partial charge < -0.3 is 14.7 Å². The maximum Gasteiger partial charge on any atom is 0.115 e. The Morgan fingerprint density at radius 3 is 1.52 bits per heavy atom. The minimum absolute atomic E-state index is 0.420. The Bertz CT molecular complexity index is 992. The van der Waals surface area contributed by atoms with Crippen molar-refractivity contribution in [3.63, 3.8) is 0 Å². The van der Waals surface area contributed by atoms with E-state index in [0.717, 1.165) is 11.0 Å². The van der Waals surface area contributed by atoms with E-state index in [4.69, 9.17) is 4.99 Å². The Morgan fingerprint density at radius 2 is 1.10 bits per heavy atom. The Labute approximate surface area is 188 Å². The highest BCUT2D eigenvalue weighted by atomic mass is 15.3. The van der Waals surface area contributed by atoms with Gasteiger partial charge in [0.2, 0.25) is 0 Å². The Hall–Kier alpha value is -2.49. The second-order valence-electron chi connectivity index (χ2n) is 9.89. The summed E-state index contributed by atoms with van der Waals surface area (Å²) >= 11 is 0. The first-order chi connectivity index (χ1) is 14.6. The van der Waals surface area contributed by atoms with Crippen LogP contribution in [0.2, 0.25) is 0 Å². The summed E-state index contributed by atoms with van der Waals surface area (Å²) in [6.45, 7) is 18.2. The van der Waals surface area contributed by atoms with Crippen LogP contribution in [0.15, 0.2) is 41.4 Å². The summed E-state index contributed by atoms with van der Waals surface area (Å²) in [5, 5.41) is 3.59. The standard InChI is InChI=1S/C27H40N4/c1-17(2)30(18(3)4)26-25(27(26)31(19(5)6)20(7)8)28-22-15-11-13-21-14-12-16-23(24(21)22)29(9)10/h11-20H,1-10H3. The van der Waals surface area contributed by atoms with Gasteiger partial charge in [0, 0.05) is 49.3 Å². The van der Waals surface area contributed by atoms with Crippen molar-refractivity contribution >= 4 is 33.5 Å². The summed E-state index contributed by atoms with van der Waals surface area (Å²) in [4.78, 5) is 12.5. The fourth-order valence-electron chi connectivity index (χ4n) is 4.87. The number of rotatable bonds is 8. The summed E-state index contributed by atoms with van der Waals surface area (Å²) in [5.41, 5.74) is 4.87. The molecule has 4 heteroatoms. The van der Waals surface area contributed by atoms with Crippen LogP contribution in [0, 0.1) is 0 Å². The summed E-state index contributed by atoms with van der Waals surface area (Å²) in [7, 11) is 4.20. The van der Waals surface area contributed by atoms with Gasteiger partial charge in [-0.1, -0.05) is 24.3 Å². The highest BCUT2D eigenvalue weighted by molar-refractivity contribution is 6.02. The van der Waals surface area contributed by atoms with E-state index < -0.39 is 0 Å². The molecule has 0 aliphatic heterocycles. The number of hydrogen-bond acceptors (Lipinski definition) is 4. The van der Waals surface area contributed by atoms with Crippen LogP contribution < -0.4 is 20.1 Å². The van der Waals surface area contributed by atoms with Gasteiger partial charge in [-0.05, 0) is 72.9 Å². The fourth-order valence-corrected chi connectivity index (χ4v) is 4.87. The highest BCUT2D eigenvalue weighted by Gasteiger charge is 2.35. The van der Waals surface area contributed by atoms with E-state index in [2.05, 4.69) is 121 Å². The first kappa shape index (κ1) is 23.2. The molecule has 0 radical (unpaired) electrons. The van der Waals surface area contributed by atoms with Crippen LogP contribution in [-0.4, -0.2) is 38.3 Å². The van der Waals surface area contributed by atoms with Gasteiger partial charge in [0.1, 0.15) is 5.36 Å². The molecule has 0 saturated carbocycles. The van der Waals surface area contributed by atoms with E-state index in [9.17, 15) is 0 Å². The topological polar surface area (TPSA) is 22.1 Å². The molecule has 0 bridgehead atoms. The molecule has 3 aromatic carbocycles. The molecule has 3 aromatic rings. The van der Waals surface area contributed by atoms with E-state index in [0.29, 0.717) is 24.2 Å². The first-order valence-corrected chi connectivity index (χ1v) is 11.7. The highest BCUT2D eigenvalue weighted by Crippen LogP contribution is 2.40. The summed E-state index contributed by atoms with van der Waals surface area (Å²) in [5.74, 6) is 0. The van der Waals surface area contributed by atoms with Gasteiger partial charge in [0.25, 0.3) is 0 Å². The number of hydrogen-bond donors (Lipinski definition) is 0. The van der Waals surface area contributed by atoms with Crippen molar-refractivity contribution in [3.05, 3.63) is 41.8 Å². The third kappa shape index (κ3) is 4.44. The summed E-state index contributed by atoms with van der Waals surface area (Å²) in [6, 6.07) is 14.6. The third-order valence-electron chi connectivity index (χ3n) is 5.93. The Morgan fingerprint density at radius 1 is 0.645 bits per heavy atom. The fraction of sp³-hybridized carbons (Fsp3) is 0.519. The molecule has 0 atom stereocenters. The third-order valence-corrected chi connectivity index (χ3v) is 5.93. The molecule has 4 nitrogen and oxygen atoms in total. The second kappa shape index (κ2) is 8.94. The summed E-state index contributed by atoms with van der Waals surface area (Å²) in [6.07, 6.45) is 0. The molecule has 0 heterocycles. The molecule has 0 aliphatic rings. The quantitative estimate of drug-likeness (QED) is 0.429. The maximum atomic E-state index is 5.31. The molecule has 0 N–H and O–H groups in total. The van der Waals surface area contributed by atoms with Gasteiger partial charge in [-0.2, -0.15) is 0 Å². The van der Waals surface area contributed by atoms with Crippen LogP contribution in [0.3, 0.4) is 0 Å². The largest absolute Gasteiger partial charge is 0.377 e. The van der Waals surface area contributed by atoms with Crippen molar-refractivity contribution in [2.24, 2.45) is 4.99 Å². The predicted octanol–water partition coefficient (Wildman–Crippen LogP) is 6.26. The lowest BCUT2D eigenvalue weighted by Crippen LogP contribution is -2.38. The van der Waals surface area contributed by atoms with Crippen LogP contribution in [0.5, 0.6) is 0 Å². The predicted molar refractivity (Wildman–Crippen MR) is 138 cm³/mol. The molecule has 0 fully saturated rings. The van der Waals surface area contributed by atoms with E-state index in [1.165, 1.54) is 27.8 Å². The SMILES string of the molecule is CC(C)N(c1c(N(C(C)C)C(C)C)c1=Nc1cccc2cccc(N(C)C)c12)C(C)C. The minimum atomic E-state index is 0.420. The molecular formula is C27H40N4. The molecule has 168 valence electrons. The number of fused-ring (bicyclic) bond motifs is 1. The van der Waals surface area contributed by atoms with E-state index in [-0.39, 0.29) is 0 Å².